The van der Waals surface area contributed by atoms with Crippen molar-refractivity contribution in [2.75, 3.05) is 13.1 Å². The number of aryl methyl sites for hydroxylation is 2. The summed E-state index contributed by atoms with van der Waals surface area (Å²) in [6, 6.07) is 3.89. The highest BCUT2D eigenvalue weighted by molar-refractivity contribution is 7.09. The average molecular weight is 321 g/mol. The summed E-state index contributed by atoms with van der Waals surface area (Å²) in [6.45, 7) is 6.18. The van der Waals surface area contributed by atoms with Gasteiger partial charge < -0.3 is 14.7 Å². The van der Waals surface area contributed by atoms with Gasteiger partial charge in [-0.25, -0.2) is 0 Å². The van der Waals surface area contributed by atoms with Crippen LogP contribution in [0.15, 0.2) is 22.0 Å². The average Bonchev–Trinajstić information content (AvgIpc) is 3.12. The van der Waals surface area contributed by atoms with Crippen LogP contribution in [0.5, 0.6) is 0 Å². The van der Waals surface area contributed by atoms with Gasteiger partial charge in [0.15, 0.2) is 0 Å². The number of likely N-dealkylation sites (N-methyl/N-ethyl adjacent to an activating group) is 1. The molecule has 0 aliphatic rings. The highest BCUT2D eigenvalue weighted by Crippen LogP contribution is 2.15. The molecule has 118 valence electrons. The second kappa shape index (κ2) is 7.22. The van der Waals surface area contributed by atoms with E-state index in [1.54, 1.807) is 25.2 Å². The van der Waals surface area contributed by atoms with Gasteiger partial charge in [0.25, 0.3) is 5.91 Å². The second-order valence-corrected chi connectivity index (χ2v) is 5.91. The van der Waals surface area contributed by atoms with Gasteiger partial charge in [0, 0.05) is 11.4 Å². The lowest BCUT2D eigenvalue weighted by Crippen LogP contribution is -2.40. The monoisotopic (exact) mass is 321 g/mol. The van der Waals surface area contributed by atoms with Crippen LogP contribution in [0.1, 0.15) is 33.6 Å². The Kier molecular flexibility index (Phi) is 5.32. The van der Waals surface area contributed by atoms with Crippen LogP contribution in [-0.2, 0) is 11.3 Å². The highest BCUT2D eigenvalue weighted by Gasteiger charge is 2.23. The Bertz CT molecular complexity index is 630. The minimum Gasteiger partial charge on any atom is -0.361 e. The fourth-order valence-electron chi connectivity index (χ4n) is 2.10. The molecule has 0 saturated heterocycles. The van der Waals surface area contributed by atoms with Gasteiger partial charge in [-0.1, -0.05) is 11.2 Å². The van der Waals surface area contributed by atoms with E-state index in [9.17, 15) is 9.59 Å². The molecule has 0 aliphatic heterocycles. The molecule has 0 atom stereocenters. The van der Waals surface area contributed by atoms with Gasteiger partial charge in [0.2, 0.25) is 5.91 Å². The molecule has 2 rings (SSSR count). The van der Waals surface area contributed by atoms with E-state index in [1.807, 2.05) is 24.4 Å². The summed E-state index contributed by atoms with van der Waals surface area (Å²) in [5.41, 5.74) is 0.979. The van der Waals surface area contributed by atoms with Crippen LogP contribution in [0, 0.1) is 13.8 Å². The van der Waals surface area contributed by atoms with Gasteiger partial charge in [-0.15, -0.1) is 11.3 Å². The van der Waals surface area contributed by atoms with Crippen LogP contribution in [0.25, 0.3) is 0 Å². The first-order valence-electron chi connectivity index (χ1n) is 7.04. The van der Waals surface area contributed by atoms with Crippen LogP contribution in [0.4, 0.5) is 0 Å². The summed E-state index contributed by atoms with van der Waals surface area (Å²) >= 11 is 1.58. The summed E-state index contributed by atoms with van der Waals surface area (Å²) in [4.78, 5) is 27.1. The normalized spacial score (nSPS) is 10.5. The van der Waals surface area contributed by atoms with Crippen molar-refractivity contribution in [1.82, 2.24) is 15.4 Å². The molecule has 0 radical (unpaired) electrons. The minimum absolute atomic E-state index is 0.0186. The third-order valence-corrected chi connectivity index (χ3v) is 4.17. The van der Waals surface area contributed by atoms with Gasteiger partial charge in [-0.3, -0.25) is 9.59 Å². The van der Waals surface area contributed by atoms with Gasteiger partial charge >= 0.3 is 0 Å². The van der Waals surface area contributed by atoms with E-state index < -0.39 is 0 Å². The smallest absolute Gasteiger partial charge is 0.259 e. The van der Waals surface area contributed by atoms with Crippen LogP contribution in [-0.4, -0.2) is 35.0 Å². The van der Waals surface area contributed by atoms with Crippen LogP contribution < -0.4 is 5.32 Å². The first-order chi connectivity index (χ1) is 10.5. The number of thiophene rings is 1. The van der Waals surface area contributed by atoms with Gasteiger partial charge in [0.05, 0.1) is 18.8 Å². The van der Waals surface area contributed by atoms with E-state index in [0.717, 1.165) is 4.88 Å². The third kappa shape index (κ3) is 3.73. The summed E-state index contributed by atoms with van der Waals surface area (Å²) < 4.78 is 5.02. The molecule has 0 bridgehead atoms. The molecule has 2 amide bonds. The zero-order valence-corrected chi connectivity index (χ0v) is 13.7. The zero-order chi connectivity index (χ0) is 16.1. The molecule has 0 saturated carbocycles. The molecule has 0 aromatic carbocycles. The number of rotatable bonds is 6. The molecule has 7 heteroatoms. The van der Waals surface area contributed by atoms with Gasteiger partial charge in [0.1, 0.15) is 11.3 Å². The van der Waals surface area contributed by atoms with Crippen molar-refractivity contribution in [1.29, 1.82) is 0 Å². The SMILES string of the molecule is CCN(CC(=O)NCc1cccs1)C(=O)c1c(C)noc1C. The minimum atomic E-state index is -0.231. The first kappa shape index (κ1) is 16.2. The number of hydrogen-bond donors (Lipinski definition) is 1. The zero-order valence-electron chi connectivity index (χ0n) is 12.9. The Labute approximate surface area is 133 Å². The van der Waals surface area contributed by atoms with Crippen molar-refractivity contribution in [2.45, 2.75) is 27.3 Å². The van der Waals surface area contributed by atoms with E-state index >= 15 is 0 Å². The molecule has 1 N–H and O–H groups in total. The maximum Gasteiger partial charge on any atom is 0.259 e. The van der Waals surface area contributed by atoms with Gasteiger partial charge in [-0.05, 0) is 32.2 Å². The lowest BCUT2D eigenvalue weighted by Gasteiger charge is -2.20. The Hall–Kier alpha value is -2.15. The van der Waals surface area contributed by atoms with Crippen molar-refractivity contribution >= 4 is 23.2 Å². The van der Waals surface area contributed by atoms with E-state index in [2.05, 4.69) is 10.5 Å². The summed E-state index contributed by atoms with van der Waals surface area (Å²) in [7, 11) is 0. The number of carbonyl (C=O) groups excluding carboxylic acids is 2. The topological polar surface area (TPSA) is 75.4 Å². The number of nitrogens with zero attached hydrogens (tertiary/aromatic N) is 2. The van der Waals surface area contributed by atoms with Crippen LogP contribution >= 0.6 is 11.3 Å². The number of hydrogen-bond acceptors (Lipinski definition) is 5. The Morgan fingerprint density at radius 1 is 1.41 bits per heavy atom. The van der Waals surface area contributed by atoms with E-state index in [4.69, 9.17) is 4.52 Å². The number of aromatic nitrogens is 1. The number of carbonyl (C=O) groups is 2. The molecule has 22 heavy (non-hydrogen) atoms. The molecule has 0 spiro atoms. The number of nitrogens with one attached hydrogen (secondary N) is 1. The molecule has 0 aliphatic carbocycles. The quantitative estimate of drug-likeness (QED) is 0.884. The summed E-state index contributed by atoms with van der Waals surface area (Å²) in [5.74, 6) is 0.0559. The number of amides is 2. The molecular formula is C15H19N3O3S. The maximum atomic E-state index is 12.5. The molecule has 2 aromatic rings. The Morgan fingerprint density at radius 3 is 2.73 bits per heavy atom. The second-order valence-electron chi connectivity index (χ2n) is 4.87. The largest absolute Gasteiger partial charge is 0.361 e. The van der Waals surface area contributed by atoms with E-state index in [1.165, 1.54) is 4.90 Å². The third-order valence-electron chi connectivity index (χ3n) is 3.29. The molecule has 6 nitrogen and oxygen atoms in total. The fraction of sp³-hybridized carbons (Fsp3) is 0.400. The van der Waals surface area contributed by atoms with Crippen molar-refractivity contribution in [3.63, 3.8) is 0 Å². The van der Waals surface area contributed by atoms with Crippen molar-refractivity contribution in [3.8, 4) is 0 Å². The molecular weight excluding hydrogens is 302 g/mol. The molecule has 2 heterocycles. The van der Waals surface area contributed by atoms with Crippen LogP contribution in [0.3, 0.4) is 0 Å². The molecule has 2 aromatic heterocycles. The lowest BCUT2D eigenvalue weighted by atomic mass is 10.2. The summed E-state index contributed by atoms with van der Waals surface area (Å²) in [5, 5.41) is 8.56. The molecule has 0 fully saturated rings. The van der Waals surface area contributed by atoms with Crippen LogP contribution in [0.2, 0.25) is 0 Å². The maximum absolute atomic E-state index is 12.5. The van der Waals surface area contributed by atoms with Crippen molar-refractivity contribution in [2.24, 2.45) is 0 Å². The fourth-order valence-corrected chi connectivity index (χ4v) is 2.75. The highest BCUT2D eigenvalue weighted by atomic mass is 32.1. The first-order valence-corrected chi connectivity index (χ1v) is 7.92. The predicted molar refractivity (Wildman–Crippen MR) is 83.7 cm³/mol. The lowest BCUT2D eigenvalue weighted by molar-refractivity contribution is -0.121. The Balaban J connectivity index is 1.96. The standard InChI is InChI=1S/C15H19N3O3S/c1-4-18(15(20)14-10(2)17-21-11(14)3)9-13(19)16-8-12-6-5-7-22-12/h5-7H,4,8-9H2,1-3H3,(H,16,19). The van der Waals surface area contributed by atoms with Crippen molar-refractivity contribution < 1.29 is 14.1 Å². The molecule has 0 unspecified atom stereocenters. The van der Waals surface area contributed by atoms with Gasteiger partial charge in [-0.2, -0.15) is 0 Å². The Morgan fingerprint density at radius 2 is 2.18 bits per heavy atom. The summed E-state index contributed by atoms with van der Waals surface area (Å²) in [6.07, 6.45) is 0. The predicted octanol–water partition coefficient (Wildman–Crippen LogP) is 2.13. The van der Waals surface area contributed by atoms with E-state index in [-0.39, 0.29) is 18.4 Å². The van der Waals surface area contributed by atoms with Crippen molar-refractivity contribution in [3.05, 3.63) is 39.4 Å². The van der Waals surface area contributed by atoms with E-state index in [0.29, 0.717) is 30.1 Å².